The number of ether oxygens (including phenoxy) is 3. The third-order valence-corrected chi connectivity index (χ3v) is 9.81. The van der Waals surface area contributed by atoms with Gasteiger partial charge in [0.05, 0.1) is 18.8 Å². The molecule has 5 aromatic rings. The Bertz CT molecular complexity index is 1850. The molecular formula is C43H46N4O5. The van der Waals surface area contributed by atoms with Crippen LogP contribution in [0.3, 0.4) is 0 Å². The molecule has 7 rings (SSSR count). The second kappa shape index (κ2) is 17.0. The number of amides is 2. The van der Waals surface area contributed by atoms with Crippen molar-refractivity contribution in [3.8, 4) is 11.5 Å². The van der Waals surface area contributed by atoms with Crippen LogP contribution in [0.25, 0.3) is 0 Å². The first-order valence-corrected chi connectivity index (χ1v) is 18.0. The fourth-order valence-electron chi connectivity index (χ4n) is 6.80. The number of aliphatic hydroxyl groups is 1. The molecule has 0 spiro atoms. The van der Waals surface area contributed by atoms with E-state index in [0.717, 1.165) is 61.7 Å². The highest BCUT2D eigenvalue weighted by atomic mass is 16.7. The quantitative estimate of drug-likeness (QED) is 0.128. The second-order valence-corrected chi connectivity index (χ2v) is 13.5. The molecule has 268 valence electrons. The molecule has 52 heavy (non-hydrogen) atoms. The van der Waals surface area contributed by atoms with Crippen molar-refractivity contribution in [3.63, 3.8) is 0 Å². The third kappa shape index (κ3) is 9.25. The Morgan fingerprint density at radius 2 is 1.23 bits per heavy atom. The van der Waals surface area contributed by atoms with Crippen molar-refractivity contribution in [2.75, 3.05) is 43.4 Å². The number of rotatable bonds is 11. The van der Waals surface area contributed by atoms with E-state index in [4.69, 9.17) is 14.2 Å². The maximum atomic E-state index is 12.8. The Morgan fingerprint density at radius 3 is 1.87 bits per heavy atom. The molecule has 0 saturated carbocycles. The standard InChI is InChI=1S/C43H46N4O5/c1-31-40(29-47-26-24-46(25-27-47)28-32-8-4-2-5-9-32)51-42(52-41(31)34-14-12-33(30-48)13-15-34)35-16-18-36(19-17-35)44-43(49)45-37-20-22-39(23-21-37)50-38-10-6-3-7-11-38/h2-23,31,40-42,48H,24-30H2,1H3,(H2,44,45,49)/t31-,40+,41+,42+/m0/s1. The first-order valence-electron chi connectivity index (χ1n) is 18.0. The van der Waals surface area contributed by atoms with Gasteiger partial charge in [0.2, 0.25) is 0 Å². The van der Waals surface area contributed by atoms with Gasteiger partial charge in [0, 0.05) is 62.1 Å². The highest BCUT2D eigenvalue weighted by Gasteiger charge is 2.39. The highest BCUT2D eigenvalue weighted by molar-refractivity contribution is 5.99. The lowest BCUT2D eigenvalue weighted by Crippen LogP contribution is -2.51. The van der Waals surface area contributed by atoms with E-state index in [0.29, 0.717) is 17.1 Å². The van der Waals surface area contributed by atoms with Gasteiger partial charge >= 0.3 is 6.03 Å². The van der Waals surface area contributed by atoms with Gasteiger partial charge in [-0.25, -0.2) is 4.79 Å². The van der Waals surface area contributed by atoms with Crippen molar-refractivity contribution in [1.82, 2.24) is 9.80 Å². The number of hydrogen-bond donors (Lipinski definition) is 3. The topological polar surface area (TPSA) is 95.5 Å². The van der Waals surface area contributed by atoms with Gasteiger partial charge in [0.1, 0.15) is 11.5 Å². The number of nitrogens with one attached hydrogen (secondary N) is 2. The fourth-order valence-corrected chi connectivity index (χ4v) is 6.80. The first kappa shape index (κ1) is 35.4. The predicted molar refractivity (Wildman–Crippen MR) is 203 cm³/mol. The maximum absolute atomic E-state index is 12.8. The summed E-state index contributed by atoms with van der Waals surface area (Å²) in [5.41, 5.74) is 5.44. The first-order chi connectivity index (χ1) is 25.5. The number of benzene rings is 5. The van der Waals surface area contributed by atoms with Crippen LogP contribution in [0.2, 0.25) is 0 Å². The minimum atomic E-state index is -0.581. The number of urea groups is 1. The minimum Gasteiger partial charge on any atom is -0.457 e. The van der Waals surface area contributed by atoms with Crippen LogP contribution < -0.4 is 15.4 Å². The van der Waals surface area contributed by atoms with Crippen molar-refractivity contribution < 1.29 is 24.1 Å². The molecular weight excluding hydrogens is 652 g/mol. The smallest absolute Gasteiger partial charge is 0.323 e. The summed E-state index contributed by atoms with van der Waals surface area (Å²) in [6.07, 6.45) is -0.832. The van der Waals surface area contributed by atoms with Gasteiger partial charge in [-0.2, -0.15) is 0 Å². The van der Waals surface area contributed by atoms with Gasteiger partial charge in [-0.3, -0.25) is 9.80 Å². The highest BCUT2D eigenvalue weighted by Crippen LogP contribution is 2.42. The average Bonchev–Trinajstić information content (AvgIpc) is 3.18. The van der Waals surface area contributed by atoms with Crippen LogP contribution in [0.15, 0.2) is 133 Å². The largest absolute Gasteiger partial charge is 0.457 e. The summed E-state index contributed by atoms with van der Waals surface area (Å²) in [4.78, 5) is 17.9. The molecule has 5 aromatic carbocycles. The van der Waals surface area contributed by atoms with Gasteiger partial charge in [-0.1, -0.05) is 91.9 Å². The van der Waals surface area contributed by atoms with E-state index in [1.807, 2.05) is 91.0 Å². The van der Waals surface area contributed by atoms with E-state index in [9.17, 15) is 9.90 Å². The van der Waals surface area contributed by atoms with Gasteiger partial charge in [-0.05, 0) is 65.2 Å². The second-order valence-electron chi connectivity index (χ2n) is 13.5. The van der Waals surface area contributed by atoms with E-state index in [-0.39, 0.29) is 30.8 Å². The molecule has 2 saturated heterocycles. The van der Waals surface area contributed by atoms with Crippen LogP contribution in [0.4, 0.5) is 16.2 Å². The molecule has 2 aliphatic rings. The van der Waals surface area contributed by atoms with Gasteiger partial charge in [0.25, 0.3) is 0 Å². The van der Waals surface area contributed by atoms with Crippen LogP contribution >= 0.6 is 0 Å². The maximum Gasteiger partial charge on any atom is 0.323 e. The molecule has 2 amide bonds. The summed E-state index contributed by atoms with van der Waals surface area (Å²) < 4.78 is 19.2. The zero-order valence-corrected chi connectivity index (χ0v) is 29.4. The predicted octanol–water partition coefficient (Wildman–Crippen LogP) is 8.22. The van der Waals surface area contributed by atoms with Crippen LogP contribution in [0.5, 0.6) is 11.5 Å². The van der Waals surface area contributed by atoms with Gasteiger partial charge in [0.15, 0.2) is 6.29 Å². The number of carbonyl (C=O) groups is 1. The summed E-state index contributed by atoms with van der Waals surface area (Å²) in [6.45, 7) is 7.97. The van der Waals surface area contributed by atoms with E-state index < -0.39 is 6.29 Å². The zero-order chi connectivity index (χ0) is 35.7. The van der Waals surface area contributed by atoms with Gasteiger partial charge in [-0.15, -0.1) is 0 Å². The third-order valence-electron chi connectivity index (χ3n) is 9.81. The van der Waals surface area contributed by atoms with Crippen LogP contribution in [-0.2, 0) is 22.6 Å². The molecule has 0 aromatic heterocycles. The number of piperazine rings is 1. The summed E-state index contributed by atoms with van der Waals surface area (Å²) in [6, 6.07) is 42.7. The molecule has 2 heterocycles. The number of hydrogen-bond acceptors (Lipinski definition) is 7. The number of nitrogens with zero attached hydrogens (tertiary/aromatic N) is 2. The number of carbonyl (C=O) groups excluding carboxylic acids is 1. The Balaban J connectivity index is 0.979. The summed E-state index contributed by atoms with van der Waals surface area (Å²) in [7, 11) is 0. The van der Waals surface area contributed by atoms with Crippen LogP contribution in [0, 0.1) is 5.92 Å². The zero-order valence-electron chi connectivity index (χ0n) is 29.4. The Labute approximate surface area is 305 Å². The van der Waals surface area contributed by atoms with Gasteiger partial charge < -0.3 is 30.0 Å². The van der Waals surface area contributed by atoms with Crippen molar-refractivity contribution in [3.05, 3.63) is 156 Å². The summed E-state index contributed by atoms with van der Waals surface area (Å²) in [5, 5.41) is 15.4. The van der Waals surface area contributed by atoms with Crippen LogP contribution in [-0.4, -0.2) is 59.8 Å². The number of anilines is 2. The minimum absolute atomic E-state index is 0.000368. The van der Waals surface area contributed by atoms with Crippen molar-refractivity contribution >= 4 is 17.4 Å². The number of aliphatic hydroxyl groups excluding tert-OH is 1. The summed E-state index contributed by atoms with van der Waals surface area (Å²) >= 11 is 0. The molecule has 0 aliphatic carbocycles. The van der Waals surface area contributed by atoms with E-state index >= 15 is 0 Å². The molecule has 2 aliphatic heterocycles. The SMILES string of the molecule is C[C@H]1[C@@H](CN2CCN(Cc3ccccc3)CC2)O[C@@H](c2ccc(NC(=O)Nc3ccc(Oc4ccccc4)cc3)cc2)O[C@H]1c1ccc(CO)cc1. The van der Waals surface area contributed by atoms with E-state index in [1.54, 1.807) is 12.1 Å². The lowest BCUT2D eigenvalue weighted by molar-refractivity contribution is -0.276. The molecule has 2 fully saturated rings. The Morgan fingerprint density at radius 1 is 0.673 bits per heavy atom. The molecule has 0 unspecified atom stereocenters. The Kier molecular flexibility index (Phi) is 11.6. The summed E-state index contributed by atoms with van der Waals surface area (Å²) in [5.74, 6) is 1.53. The monoisotopic (exact) mass is 698 g/mol. The fraction of sp³-hybridized carbons (Fsp3) is 0.279. The lowest BCUT2D eigenvalue weighted by Gasteiger charge is -2.44. The van der Waals surface area contributed by atoms with Crippen molar-refractivity contribution in [2.45, 2.75) is 38.6 Å². The lowest BCUT2D eigenvalue weighted by atomic mass is 9.90. The molecule has 3 N–H and O–H groups in total. The molecule has 0 bridgehead atoms. The normalized spacial score (nSPS) is 21.0. The van der Waals surface area contributed by atoms with E-state index in [2.05, 4.69) is 57.7 Å². The molecule has 4 atom stereocenters. The molecule has 9 nitrogen and oxygen atoms in total. The number of para-hydroxylation sites is 1. The molecule has 9 heteroatoms. The van der Waals surface area contributed by atoms with Crippen molar-refractivity contribution in [2.24, 2.45) is 5.92 Å². The molecule has 0 radical (unpaired) electrons. The van der Waals surface area contributed by atoms with E-state index in [1.165, 1.54) is 5.56 Å². The average molecular weight is 699 g/mol. The van der Waals surface area contributed by atoms with Crippen molar-refractivity contribution in [1.29, 1.82) is 0 Å². The Hall–Kier alpha value is -5.03. The van der Waals surface area contributed by atoms with Crippen LogP contribution in [0.1, 0.15) is 41.6 Å².